The first-order chi connectivity index (χ1) is 11.5. The maximum absolute atomic E-state index is 12.1. The van der Waals surface area contributed by atoms with Crippen molar-refractivity contribution in [2.24, 2.45) is 0 Å². The quantitative estimate of drug-likeness (QED) is 0.755. The number of methoxy groups -OCH3 is 1. The molecule has 1 aromatic heterocycles. The van der Waals surface area contributed by atoms with Crippen LogP contribution < -0.4 is 14.8 Å². The number of nitrogens with one attached hydrogen (secondary N) is 1. The molecule has 2 aromatic rings. The van der Waals surface area contributed by atoms with E-state index >= 15 is 0 Å². The van der Waals surface area contributed by atoms with Gasteiger partial charge in [-0.05, 0) is 57.5 Å². The van der Waals surface area contributed by atoms with Crippen molar-refractivity contribution in [2.75, 3.05) is 13.7 Å². The summed E-state index contributed by atoms with van der Waals surface area (Å²) in [6.07, 6.45) is 0.273. The Morgan fingerprint density at radius 1 is 1.25 bits per heavy atom. The number of hydrogen-bond acceptors (Lipinski definition) is 4. The molecule has 0 bridgehead atoms. The molecule has 1 unspecified atom stereocenters. The molecule has 130 valence electrons. The number of amides is 1. The van der Waals surface area contributed by atoms with Crippen LogP contribution in [0, 0.1) is 13.8 Å². The Bertz CT molecular complexity index is 665. The Hall–Kier alpha value is -2.50. The molecular formula is C18H25N3O3. The Morgan fingerprint density at radius 2 is 1.92 bits per heavy atom. The van der Waals surface area contributed by atoms with Crippen molar-refractivity contribution in [1.82, 2.24) is 15.1 Å². The number of carbonyl (C=O) groups is 1. The summed E-state index contributed by atoms with van der Waals surface area (Å²) in [5.74, 6) is 1.27. The number of carbonyl (C=O) groups excluding carboxylic acids is 1. The van der Waals surface area contributed by atoms with Crippen molar-refractivity contribution >= 4 is 5.91 Å². The van der Waals surface area contributed by atoms with Gasteiger partial charge in [0, 0.05) is 18.8 Å². The standard InChI is InChI=1S/C18H25N3O3/c1-13-12-14(2)21(20-13)11-5-10-19-18(22)15(3)24-17-8-6-16(23-4)7-9-17/h6-9,12,15H,5,10-11H2,1-4H3,(H,19,22). The highest BCUT2D eigenvalue weighted by molar-refractivity contribution is 5.80. The molecule has 0 radical (unpaired) electrons. The van der Waals surface area contributed by atoms with Crippen LogP contribution in [0.4, 0.5) is 0 Å². The molecule has 6 nitrogen and oxygen atoms in total. The lowest BCUT2D eigenvalue weighted by Crippen LogP contribution is -2.37. The summed E-state index contributed by atoms with van der Waals surface area (Å²) in [5, 5.41) is 7.29. The normalized spacial score (nSPS) is 11.8. The topological polar surface area (TPSA) is 65.4 Å². The number of rotatable bonds is 8. The average molecular weight is 331 g/mol. The SMILES string of the molecule is COc1ccc(OC(C)C(=O)NCCCn2nc(C)cc2C)cc1. The highest BCUT2D eigenvalue weighted by Gasteiger charge is 2.14. The number of nitrogens with zero attached hydrogens (tertiary/aromatic N) is 2. The number of benzene rings is 1. The van der Waals surface area contributed by atoms with Gasteiger partial charge in [0.15, 0.2) is 6.10 Å². The largest absolute Gasteiger partial charge is 0.497 e. The van der Waals surface area contributed by atoms with Crippen LogP contribution in [0.25, 0.3) is 0 Å². The fourth-order valence-electron chi connectivity index (χ4n) is 2.40. The van der Waals surface area contributed by atoms with Gasteiger partial charge in [0.05, 0.1) is 12.8 Å². The van der Waals surface area contributed by atoms with Gasteiger partial charge in [-0.15, -0.1) is 0 Å². The minimum absolute atomic E-state index is 0.126. The smallest absolute Gasteiger partial charge is 0.260 e. The predicted molar refractivity (Wildman–Crippen MR) is 92.4 cm³/mol. The van der Waals surface area contributed by atoms with Gasteiger partial charge in [-0.2, -0.15) is 5.10 Å². The molecule has 0 aliphatic rings. The van der Waals surface area contributed by atoms with Gasteiger partial charge in [0.1, 0.15) is 11.5 Å². The molecule has 1 heterocycles. The lowest BCUT2D eigenvalue weighted by molar-refractivity contribution is -0.127. The van der Waals surface area contributed by atoms with Crippen molar-refractivity contribution < 1.29 is 14.3 Å². The third-order valence-corrected chi connectivity index (χ3v) is 3.69. The molecule has 1 amide bonds. The van der Waals surface area contributed by atoms with Crippen molar-refractivity contribution in [3.63, 3.8) is 0 Å². The van der Waals surface area contributed by atoms with Crippen molar-refractivity contribution in [3.05, 3.63) is 41.7 Å². The van der Waals surface area contributed by atoms with E-state index in [9.17, 15) is 4.79 Å². The fraction of sp³-hybridized carbons (Fsp3) is 0.444. The Kier molecular flexibility index (Phi) is 6.23. The minimum atomic E-state index is -0.549. The van der Waals surface area contributed by atoms with E-state index in [1.54, 1.807) is 38.3 Å². The van der Waals surface area contributed by atoms with Crippen LogP contribution in [0.5, 0.6) is 11.5 Å². The van der Waals surface area contributed by atoms with Crippen LogP contribution in [-0.2, 0) is 11.3 Å². The van der Waals surface area contributed by atoms with Crippen molar-refractivity contribution in [3.8, 4) is 11.5 Å². The second kappa shape index (κ2) is 8.38. The summed E-state index contributed by atoms with van der Waals surface area (Å²) in [4.78, 5) is 12.1. The van der Waals surface area contributed by atoms with Crippen LogP contribution in [0.3, 0.4) is 0 Å². The number of aryl methyl sites for hydroxylation is 3. The molecule has 0 aliphatic carbocycles. The van der Waals surface area contributed by atoms with Crippen LogP contribution in [0.15, 0.2) is 30.3 Å². The Balaban J connectivity index is 1.72. The first-order valence-corrected chi connectivity index (χ1v) is 8.09. The van der Waals surface area contributed by atoms with Crippen LogP contribution in [0.1, 0.15) is 24.7 Å². The zero-order valence-corrected chi connectivity index (χ0v) is 14.7. The van der Waals surface area contributed by atoms with Gasteiger partial charge < -0.3 is 14.8 Å². The summed E-state index contributed by atoms with van der Waals surface area (Å²) in [7, 11) is 1.61. The molecule has 6 heteroatoms. The molecule has 24 heavy (non-hydrogen) atoms. The molecular weight excluding hydrogens is 306 g/mol. The van der Waals surface area contributed by atoms with E-state index in [2.05, 4.69) is 10.4 Å². The molecule has 1 aromatic carbocycles. The highest BCUT2D eigenvalue weighted by Crippen LogP contribution is 2.18. The average Bonchev–Trinajstić information content (AvgIpc) is 2.89. The molecule has 0 aliphatic heterocycles. The van der Waals surface area contributed by atoms with Gasteiger partial charge in [0.25, 0.3) is 5.91 Å². The summed E-state index contributed by atoms with van der Waals surface area (Å²) < 4.78 is 12.7. The molecule has 1 N–H and O–H groups in total. The van der Waals surface area contributed by atoms with E-state index in [0.717, 1.165) is 30.1 Å². The van der Waals surface area contributed by atoms with Gasteiger partial charge >= 0.3 is 0 Å². The van der Waals surface area contributed by atoms with Crippen molar-refractivity contribution in [1.29, 1.82) is 0 Å². The van der Waals surface area contributed by atoms with Gasteiger partial charge in [-0.1, -0.05) is 0 Å². The van der Waals surface area contributed by atoms with E-state index in [4.69, 9.17) is 9.47 Å². The van der Waals surface area contributed by atoms with Crippen LogP contribution >= 0.6 is 0 Å². The number of hydrogen-bond donors (Lipinski definition) is 1. The molecule has 0 saturated heterocycles. The highest BCUT2D eigenvalue weighted by atomic mass is 16.5. The zero-order valence-electron chi connectivity index (χ0n) is 14.7. The first-order valence-electron chi connectivity index (χ1n) is 8.09. The molecule has 0 fully saturated rings. The summed E-state index contributed by atoms with van der Waals surface area (Å²) >= 11 is 0. The lowest BCUT2D eigenvalue weighted by atomic mass is 10.3. The molecule has 0 spiro atoms. The lowest BCUT2D eigenvalue weighted by Gasteiger charge is -2.15. The fourth-order valence-corrected chi connectivity index (χ4v) is 2.40. The molecule has 2 rings (SSSR count). The summed E-state index contributed by atoms with van der Waals surface area (Å²) in [6, 6.07) is 9.21. The van der Waals surface area contributed by atoms with E-state index in [0.29, 0.717) is 12.3 Å². The van der Waals surface area contributed by atoms with Gasteiger partial charge in [-0.25, -0.2) is 0 Å². The second-order valence-corrected chi connectivity index (χ2v) is 5.73. The predicted octanol–water partition coefficient (Wildman–Crippen LogP) is 2.48. The monoisotopic (exact) mass is 331 g/mol. The van der Waals surface area contributed by atoms with Crippen LogP contribution in [0.2, 0.25) is 0 Å². The second-order valence-electron chi connectivity index (χ2n) is 5.73. The van der Waals surface area contributed by atoms with Gasteiger partial charge in [-0.3, -0.25) is 9.48 Å². The van der Waals surface area contributed by atoms with Crippen molar-refractivity contribution in [2.45, 2.75) is 39.8 Å². The number of aromatic nitrogens is 2. The maximum Gasteiger partial charge on any atom is 0.260 e. The summed E-state index contributed by atoms with van der Waals surface area (Å²) in [6.45, 7) is 7.12. The molecule has 0 saturated carbocycles. The molecule has 1 atom stereocenters. The Labute approximate surface area is 142 Å². The van der Waals surface area contributed by atoms with E-state index in [1.165, 1.54) is 0 Å². The van der Waals surface area contributed by atoms with Gasteiger partial charge in [0.2, 0.25) is 0 Å². The maximum atomic E-state index is 12.1. The number of ether oxygens (including phenoxy) is 2. The zero-order chi connectivity index (χ0) is 17.5. The third-order valence-electron chi connectivity index (χ3n) is 3.69. The first kappa shape index (κ1) is 17.8. The van der Waals surface area contributed by atoms with E-state index in [-0.39, 0.29) is 5.91 Å². The van der Waals surface area contributed by atoms with E-state index in [1.807, 2.05) is 24.6 Å². The van der Waals surface area contributed by atoms with Crippen LogP contribution in [-0.4, -0.2) is 35.4 Å². The summed E-state index contributed by atoms with van der Waals surface area (Å²) in [5.41, 5.74) is 2.15. The Morgan fingerprint density at radius 3 is 2.50 bits per heavy atom. The minimum Gasteiger partial charge on any atom is -0.497 e. The van der Waals surface area contributed by atoms with E-state index < -0.39 is 6.10 Å². The third kappa shape index (κ3) is 5.01.